The molecule has 0 spiro atoms. The molecule has 0 aromatic heterocycles. The number of amides is 4. The van der Waals surface area contributed by atoms with Gasteiger partial charge < -0.3 is 14.5 Å². The van der Waals surface area contributed by atoms with Crippen LogP contribution in [0, 0.1) is 11.8 Å². The second-order valence-corrected chi connectivity index (χ2v) is 10.6. The largest absolute Gasteiger partial charge is 0.444 e. The number of rotatable bonds is 10. The van der Waals surface area contributed by atoms with Crippen LogP contribution >= 0.6 is 0 Å². The molecular formula is C28H36N6O5. The van der Waals surface area contributed by atoms with Gasteiger partial charge in [-0.3, -0.25) is 19.7 Å². The number of nitrogens with one attached hydrogen (secondary N) is 1. The van der Waals surface area contributed by atoms with E-state index in [9.17, 15) is 19.2 Å². The quantitative estimate of drug-likeness (QED) is 0.118. The van der Waals surface area contributed by atoms with Crippen LogP contribution < -0.4 is 5.32 Å². The fourth-order valence-corrected chi connectivity index (χ4v) is 4.56. The fourth-order valence-electron chi connectivity index (χ4n) is 4.56. The summed E-state index contributed by atoms with van der Waals surface area (Å²) in [5, 5.41) is 5.85. The summed E-state index contributed by atoms with van der Waals surface area (Å²) in [6, 6.07) is 4.66. The van der Waals surface area contributed by atoms with Crippen LogP contribution in [-0.2, 0) is 20.9 Å². The van der Waals surface area contributed by atoms with Crippen LogP contribution in [0.25, 0.3) is 10.4 Å². The molecule has 1 saturated heterocycles. The monoisotopic (exact) mass is 536 g/mol. The fraction of sp³-hybridized carbons (Fsp3) is 0.571. The third-order valence-corrected chi connectivity index (χ3v) is 6.46. The summed E-state index contributed by atoms with van der Waals surface area (Å²) in [5.74, 6) is 5.27. The minimum Gasteiger partial charge on any atom is -0.444 e. The Balaban J connectivity index is 1.62. The van der Waals surface area contributed by atoms with Crippen LogP contribution in [0.5, 0.6) is 0 Å². The molecule has 2 heterocycles. The molecule has 2 aliphatic rings. The van der Waals surface area contributed by atoms with E-state index in [2.05, 4.69) is 27.2 Å². The third-order valence-electron chi connectivity index (χ3n) is 6.46. The number of benzene rings is 1. The molecule has 4 amide bonds. The number of unbranched alkanes of at least 4 members (excludes halogenated alkanes) is 3. The molecule has 1 unspecified atom stereocenters. The maximum atomic E-state index is 13.0. The highest BCUT2D eigenvalue weighted by Gasteiger charge is 2.39. The van der Waals surface area contributed by atoms with E-state index in [4.69, 9.17) is 10.3 Å². The Hall–Kier alpha value is -4.03. The average molecular weight is 537 g/mol. The number of piperidine rings is 1. The van der Waals surface area contributed by atoms with E-state index in [1.807, 2.05) is 26.8 Å². The molecular weight excluding hydrogens is 500 g/mol. The van der Waals surface area contributed by atoms with Gasteiger partial charge in [-0.2, -0.15) is 0 Å². The summed E-state index contributed by atoms with van der Waals surface area (Å²) < 4.78 is 5.57. The lowest BCUT2D eigenvalue weighted by molar-refractivity contribution is -0.136. The maximum absolute atomic E-state index is 13.0. The van der Waals surface area contributed by atoms with Crippen molar-refractivity contribution in [3.05, 3.63) is 45.3 Å². The number of hydrogen-bond acceptors (Lipinski definition) is 6. The molecule has 0 bridgehead atoms. The molecule has 208 valence electrons. The SMILES string of the molecule is CC(C)(C)OC(=O)N(CCC#Cc1cccc2c1CN(C1CCC(=O)NC1=O)C2=O)CCCCCCN=[N+]=[N-]. The minimum atomic E-state index is -0.676. The van der Waals surface area contributed by atoms with Crippen molar-refractivity contribution in [3.63, 3.8) is 0 Å². The Morgan fingerprint density at radius 3 is 2.69 bits per heavy atom. The Kier molecular flexibility index (Phi) is 10.4. The van der Waals surface area contributed by atoms with Gasteiger partial charge >= 0.3 is 6.09 Å². The number of nitrogens with zero attached hydrogens (tertiary/aromatic N) is 5. The Bertz CT molecular complexity index is 1210. The first kappa shape index (κ1) is 29.5. The second-order valence-electron chi connectivity index (χ2n) is 10.6. The second kappa shape index (κ2) is 13.7. The molecule has 1 N–H and O–H groups in total. The van der Waals surface area contributed by atoms with Crippen LogP contribution in [0.4, 0.5) is 4.79 Å². The molecule has 0 radical (unpaired) electrons. The highest BCUT2D eigenvalue weighted by Crippen LogP contribution is 2.29. The van der Waals surface area contributed by atoms with Gasteiger partial charge in [0.25, 0.3) is 5.91 Å². The van der Waals surface area contributed by atoms with Gasteiger partial charge in [0, 0.05) is 55.1 Å². The van der Waals surface area contributed by atoms with E-state index in [-0.39, 0.29) is 30.9 Å². The molecule has 11 heteroatoms. The number of carbonyl (C=O) groups excluding carboxylic acids is 4. The van der Waals surface area contributed by atoms with E-state index >= 15 is 0 Å². The van der Waals surface area contributed by atoms with Gasteiger partial charge in [-0.05, 0) is 63.3 Å². The van der Waals surface area contributed by atoms with Crippen LogP contribution in [0.1, 0.15) is 87.2 Å². The van der Waals surface area contributed by atoms with Gasteiger partial charge in [0.2, 0.25) is 11.8 Å². The number of fused-ring (bicyclic) bond motifs is 1. The van der Waals surface area contributed by atoms with E-state index in [0.717, 1.165) is 31.2 Å². The van der Waals surface area contributed by atoms with Gasteiger partial charge in [0.05, 0.1) is 0 Å². The normalized spacial score (nSPS) is 16.5. The van der Waals surface area contributed by atoms with Gasteiger partial charge in [-0.1, -0.05) is 35.9 Å². The van der Waals surface area contributed by atoms with Crippen LogP contribution in [0.3, 0.4) is 0 Å². The highest BCUT2D eigenvalue weighted by atomic mass is 16.6. The first-order chi connectivity index (χ1) is 18.6. The lowest BCUT2D eigenvalue weighted by atomic mass is 10.0. The summed E-state index contributed by atoms with van der Waals surface area (Å²) in [4.78, 5) is 55.5. The lowest BCUT2D eigenvalue weighted by Crippen LogP contribution is -2.52. The topological polar surface area (TPSA) is 145 Å². The van der Waals surface area contributed by atoms with Crippen LogP contribution in [0.2, 0.25) is 0 Å². The van der Waals surface area contributed by atoms with Crippen LogP contribution in [0.15, 0.2) is 23.3 Å². The standard InChI is InChI=1S/C28H36N6O5/c1-28(2,3)39-27(38)33(17-8-5-4-7-16-30-32-29)18-9-6-11-20-12-10-13-21-22(20)19-34(26(21)37)23-14-15-24(35)31-25(23)36/h10,12-13,23H,4-5,7-9,14-19H2,1-3H3,(H,31,35,36). The number of imide groups is 1. The van der Waals surface area contributed by atoms with Gasteiger partial charge in [0.1, 0.15) is 11.6 Å². The smallest absolute Gasteiger partial charge is 0.410 e. The molecule has 11 nitrogen and oxygen atoms in total. The molecule has 2 aliphatic heterocycles. The van der Waals surface area contributed by atoms with E-state index in [1.54, 1.807) is 17.0 Å². The maximum Gasteiger partial charge on any atom is 0.410 e. The zero-order valence-electron chi connectivity index (χ0n) is 22.9. The number of azide groups is 1. The van der Waals surface area contributed by atoms with E-state index in [1.165, 1.54) is 4.90 Å². The minimum absolute atomic E-state index is 0.201. The number of ether oxygens (including phenoxy) is 1. The Morgan fingerprint density at radius 2 is 1.97 bits per heavy atom. The van der Waals surface area contributed by atoms with Gasteiger partial charge in [-0.15, -0.1) is 0 Å². The number of hydrogen-bond donors (Lipinski definition) is 1. The van der Waals surface area contributed by atoms with Crippen molar-refractivity contribution in [2.75, 3.05) is 19.6 Å². The van der Waals surface area contributed by atoms with Gasteiger partial charge in [0.15, 0.2) is 0 Å². The lowest BCUT2D eigenvalue weighted by Gasteiger charge is -2.29. The van der Waals surface area contributed by atoms with E-state index < -0.39 is 17.6 Å². The molecule has 1 aromatic carbocycles. The molecule has 0 aliphatic carbocycles. The highest BCUT2D eigenvalue weighted by molar-refractivity contribution is 6.05. The predicted molar refractivity (Wildman–Crippen MR) is 144 cm³/mol. The predicted octanol–water partition coefficient (Wildman–Crippen LogP) is 4.30. The Labute approximate surface area is 228 Å². The zero-order valence-corrected chi connectivity index (χ0v) is 22.9. The first-order valence-corrected chi connectivity index (χ1v) is 13.3. The molecule has 1 atom stereocenters. The average Bonchev–Trinajstić information content (AvgIpc) is 3.20. The summed E-state index contributed by atoms with van der Waals surface area (Å²) in [5.41, 5.74) is 9.74. The summed E-state index contributed by atoms with van der Waals surface area (Å²) in [6.45, 7) is 7.15. The third kappa shape index (κ3) is 8.48. The van der Waals surface area contributed by atoms with Crippen molar-refractivity contribution in [1.82, 2.24) is 15.1 Å². The Morgan fingerprint density at radius 1 is 1.21 bits per heavy atom. The molecule has 1 fully saturated rings. The van der Waals surface area contributed by atoms with Crippen molar-refractivity contribution < 1.29 is 23.9 Å². The zero-order chi connectivity index (χ0) is 28.4. The summed E-state index contributed by atoms with van der Waals surface area (Å²) in [6.07, 6.45) is 3.97. The molecule has 0 saturated carbocycles. The molecule has 1 aromatic rings. The van der Waals surface area contributed by atoms with Crippen molar-refractivity contribution in [1.29, 1.82) is 0 Å². The van der Waals surface area contributed by atoms with E-state index in [0.29, 0.717) is 43.6 Å². The van der Waals surface area contributed by atoms with Crippen LogP contribution in [-0.4, -0.2) is 64.9 Å². The summed E-state index contributed by atoms with van der Waals surface area (Å²) >= 11 is 0. The molecule has 3 rings (SSSR count). The van der Waals surface area contributed by atoms with Crippen molar-refractivity contribution in [2.45, 2.75) is 83.9 Å². The summed E-state index contributed by atoms with van der Waals surface area (Å²) in [7, 11) is 0. The van der Waals surface area contributed by atoms with Crippen molar-refractivity contribution in [2.24, 2.45) is 5.11 Å². The van der Waals surface area contributed by atoms with Crippen molar-refractivity contribution >= 4 is 23.8 Å². The number of carbonyl (C=O) groups is 4. The van der Waals surface area contributed by atoms with Gasteiger partial charge in [-0.25, -0.2) is 4.79 Å². The van der Waals surface area contributed by atoms with Crippen molar-refractivity contribution in [3.8, 4) is 11.8 Å². The molecule has 39 heavy (non-hydrogen) atoms. The first-order valence-electron chi connectivity index (χ1n) is 13.3.